The Kier molecular flexibility index (Phi) is 3.66. The summed E-state index contributed by atoms with van der Waals surface area (Å²) in [5.41, 5.74) is 0.593. The van der Waals surface area contributed by atoms with E-state index in [-0.39, 0.29) is 12.0 Å². The number of piperidine rings is 1. The van der Waals surface area contributed by atoms with Crippen molar-refractivity contribution in [2.24, 2.45) is 0 Å². The molecule has 1 aromatic rings. The minimum atomic E-state index is 0.0233. The second-order valence-electron chi connectivity index (χ2n) is 3.84. The van der Waals surface area contributed by atoms with E-state index in [4.69, 9.17) is 9.15 Å². The monoisotopic (exact) mass is 287 g/mol. The van der Waals surface area contributed by atoms with Crippen LogP contribution in [0.4, 0.5) is 0 Å². The Morgan fingerprint density at radius 1 is 1.56 bits per heavy atom. The van der Waals surface area contributed by atoms with Crippen LogP contribution in [0.5, 0.6) is 0 Å². The average molecular weight is 288 g/mol. The third-order valence-electron chi connectivity index (χ3n) is 2.91. The zero-order chi connectivity index (χ0) is 11.5. The van der Waals surface area contributed by atoms with E-state index in [9.17, 15) is 4.79 Å². The molecule has 1 aromatic heterocycles. The van der Waals surface area contributed by atoms with Crippen LogP contribution in [0.1, 0.15) is 23.2 Å². The summed E-state index contributed by atoms with van der Waals surface area (Å²) in [4.78, 5) is 13.9. The van der Waals surface area contributed by atoms with Crippen LogP contribution in [-0.2, 0) is 4.74 Å². The number of furan rings is 1. The second kappa shape index (κ2) is 5.01. The first-order chi connectivity index (χ1) is 7.72. The summed E-state index contributed by atoms with van der Waals surface area (Å²) in [5.74, 6) is 0.0233. The molecule has 5 heteroatoms. The van der Waals surface area contributed by atoms with Gasteiger partial charge in [0.15, 0.2) is 4.67 Å². The molecule has 0 bridgehead atoms. The molecule has 88 valence electrons. The molecule has 1 saturated heterocycles. The number of methoxy groups -OCH3 is 1. The largest absolute Gasteiger partial charge is 0.457 e. The van der Waals surface area contributed by atoms with Gasteiger partial charge in [-0.15, -0.1) is 0 Å². The van der Waals surface area contributed by atoms with Crippen molar-refractivity contribution in [2.45, 2.75) is 18.9 Å². The van der Waals surface area contributed by atoms with Crippen LogP contribution in [0.3, 0.4) is 0 Å². The number of carbonyl (C=O) groups excluding carboxylic acids is 1. The standard InChI is InChI=1S/C11H14BrNO3/c1-15-8-2-5-13(6-3-8)11(14)9-4-7-16-10(9)12/h4,7-8H,2-3,5-6H2,1H3. The van der Waals surface area contributed by atoms with E-state index in [2.05, 4.69) is 15.9 Å². The molecule has 0 spiro atoms. The van der Waals surface area contributed by atoms with Crippen LogP contribution >= 0.6 is 15.9 Å². The summed E-state index contributed by atoms with van der Waals surface area (Å²) in [6.07, 6.45) is 3.60. The van der Waals surface area contributed by atoms with Crippen molar-refractivity contribution in [1.82, 2.24) is 4.90 Å². The number of nitrogens with zero attached hydrogens (tertiary/aromatic N) is 1. The van der Waals surface area contributed by atoms with Gasteiger partial charge in [0.05, 0.1) is 17.9 Å². The Balaban J connectivity index is 2.00. The van der Waals surface area contributed by atoms with Crippen molar-refractivity contribution >= 4 is 21.8 Å². The minimum Gasteiger partial charge on any atom is -0.457 e. The number of halogens is 1. The molecule has 0 aliphatic carbocycles. The molecule has 1 aliphatic heterocycles. The van der Waals surface area contributed by atoms with Gasteiger partial charge < -0.3 is 14.1 Å². The Morgan fingerprint density at radius 3 is 2.75 bits per heavy atom. The Morgan fingerprint density at radius 2 is 2.25 bits per heavy atom. The normalized spacial score (nSPS) is 17.8. The Bertz CT molecular complexity index is 369. The van der Waals surface area contributed by atoms with E-state index in [1.54, 1.807) is 13.2 Å². The van der Waals surface area contributed by atoms with E-state index < -0.39 is 0 Å². The third kappa shape index (κ3) is 2.30. The lowest BCUT2D eigenvalue weighted by molar-refractivity contribution is 0.0350. The van der Waals surface area contributed by atoms with Gasteiger partial charge in [0.2, 0.25) is 0 Å². The van der Waals surface area contributed by atoms with Crippen LogP contribution in [0, 0.1) is 0 Å². The van der Waals surface area contributed by atoms with E-state index in [0.717, 1.165) is 25.9 Å². The van der Waals surface area contributed by atoms with Crippen LogP contribution < -0.4 is 0 Å². The summed E-state index contributed by atoms with van der Waals surface area (Å²) in [5, 5.41) is 0. The molecule has 0 unspecified atom stereocenters. The predicted molar refractivity (Wildman–Crippen MR) is 62.3 cm³/mol. The molecule has 1 fully saturated rings. The molecular weight excluding hydrogens is 274 g/mol. The van der Waals surface area contributed by atoms with Crippen molar-refractivity contribution in [3.8, 4) is 0 Å². The fraction of sp³-hybridized carbons (Fsp3) is 0.545. The van der Waals surface area contributed by atoms with E-state index in [1.165, 1.54) is 6.26 Å². The lowest BCUT2D eigenvalue weighted by Gasteiger charge is -2.31. The van der Waals surface area contributed by atoms with Gasteiger partial charge in [-0.2, -0.15) is 0 Å². The molecule has 0 aromatic carbocycles. The minimum absolute atomic E-state index is 0.0233. The molecule has 16 heavy (non-hydrogen) atoms. The first-order valence-electron chi connectivity index (χ1n) is 5.27. The van der Waals surface area contributed by atoms with Gasteiger partial charge in [0.25, 0.3) is 5.91 Å². The maximum absolute atomic E-state index is 12.1. The van der Waals surface area contributed by atoms with E-state index in [0.29, 0.717) is 10.2 Å². The predicted octanol–water partition coefficient (Wildman–Crippen LogP) is 2.29. The van der Waals surface area contributed by atoms with Crippen LogP contribution in [0.25, 0.3) is 0 Å². The van der Waals surface area contributed by atoms with Crippen LogP contribution in [0.15, 0.2) is 21.4 Å². The molecule has 2 heterocycles. The number of hydrogen-bond acceptors (Lipinski definition) is 3. The molecule has 1 aliphatic rings. The van der Waals surface area contributed by atoms with Crippen LogP contribution in [-0.4, -0.2) is 37.1 Å². The molecule has 1 amide bonds. The van der Waals surface area contributed by atoms with Gasteiger partial charge in [-0.25, -0.2) is 0 Å². The number of amides is 1. The second-order valence-corrected chi connectivity index (χ2v) is 4.56. The highest BCUT2D eigenvalue weighted by molar-refractivity contribution is 9.10. The van der Waals surface area contributed by atoms with Crippen molar-refractivity contribution in [3.05, 3.63) is 22.6 Å². The summed E-state index contributed by atoms with van der Waals surface area (Å²) >= 11 is 3.22. The lowest BCUT2D eigenvalue weighted by Crippen LogP contribution is -2.40. The summed E-state index contributed by atoms with van der Waals surface area (Å²) < 4.78 is 10.8. The highest BCUT2D eigenvalue weighted by atomic mass is 79.9. The fourth-order valence-electron chi connectivity index (χ4n) is 1.91. The number of likely N-dealkylation sites (tertiary alicyclic amines) is 1. The maximum atomic E-state index is 12.1. The van der Waals surface area contributed by atoms with Crippen molar-refractivity contribution in [2.75, 3.05) is 20.2 Å². The molecule has 4 nitrogen and oxygen atoms in total. The molecule has 0 atom stereocenters. The molecule has 0 N–H and O–H groups in total. The number of rotatable bonds is 2. The lowest BCUT2D eigenvalue weighted by atomic mass is 10.1. The van der Waals surface area contributed by atoms with E-state index >= 15 is 0 Å². The first kappa shape index (κ1) is 11.7. The number of hydrogen-bond donors (Lipinski definition) is 0. The topological polar surface area (TPSA) is 42.7 Å². The zero-order valence-electron chi connectivity index (χ0n) is 9.11. The summed E-state index contributed by atoms with van der Waals surface area (Å²) in [7, 11) is 1.72. The Hall–Kier alpha value is -0.810. The number of ether oxygens (including phenoxy) is 1. The molecule has 0 saturated carbocycles. The highest BCUT2D eigenvalue weighted by Crippen LogP contribution is 2.22. The van der Waals surface area contributed by atoms with Crippen molar-refractivity contribution in [3.63, 3.8) is 0 Å². The van der Waals surface area contributed by atoms with Gasteiger partial charge in [0.1, 0.15) is 0 Å². The quantitative estimate of drug-likeness (QED) is 0.838. The van der Waals surface area contributed by atoms with Crippen molar-refractivity contribution in [1.29, 1.82) is 0 Å². The van der Waals surface area contributed by atoms with Gasteiger partial charge >= 0.3 is 0 Å². The summed E-state index contributed by atoms with van der Waals surface area (Å²) in [6.45, 7) is 1.49. The maximum Gasteiger partial charge on any atom is 0.258 e. The van der Waals surface area contributed by atoms with Gasteiger partial charge in [-0.3, -0.25) is 4.79 Å². The SMILES string of the molecule is COC1CCN(C(=O)c2ccoc2Br)CC1. The third-order valence-corrected chi connectivity index (χ3v) is 3.52. The average Bonchev–Trinajstić information content (AvgIpc) is 2.75. The highest BCUT2D eigenvalue weighted by Gasteiger charge is 2.25. The molecule has 0 radical (unpaired) electrons. The molecular formula is C11H14BrNO3. The van der Waals surface area contributed by atoms with Gasteiger partial charge in [-0.05, 0) is 34.8 Å². The van der Waals surface area contributed by atoms with Gasteiger partial charge in [0, 0.05) is 20.2 Å². The zero-order valence-corrected chi connectivity index (χ0v) is 10.7. The van der Waals surface area contributed by atoms with Crippen LogP contribution in [0.2, 0.25) is 0 Å². The summed E-state index contributed by atoms with van der Waals surface area (Å²) in [6, 6.07) is 1.69. The van der Waals surface area contributed by atoms with E-state index in [1.807, 2.05) is 4.90 Å². The first-order valence-corrected chi connectivity index (χ1v) is 6.06. The van der Waals surface area contributed by atoms with Crippen molar-refractivity contribution < 1.29 is 13.9 Å². The van der Waals surface area contributed by atoms with Gasteiger partial charge in [-0.1, -0.05) is 0 Å². The Labute approximate surface area is 103 Å². The smallest absolute Gasteiger partial charge is 0.258 e. The molecule has 2 rings (SSSR count). The fourth-order valence-corrected chi connectivity index (χ4v) is 2.32. The number of carbonyl (C=O) groups is 1.